The maximum absolute atomic E-state index is 13.6. The highest BCUT2D eigenvalue weighted by Crippen LogP contribution is 2.41. The molecule has 1 aliphatic heterocycles. The molecule has 0 saturated carbocycles. The molecule has 4 rings (SSSR count). The van der Waals surface area contributed by atoms with Crippen LogP contribution < -0.4 is 20.1 Å². The fourth-order valence-electron chi connectivity index (χ4n) is 4.02. The molecule has 8 nitrogen and oxygen atoms in total. The molecule has 3 amide bonds. The number of halogens is 1. The summed E-state index contributed by atoms with van der Waals surface area (Å²) in [5.41, 5.74) is 2.68. The van der Waals surface area contributed by atoms with Crippen molar-refractivity contribution in [3.05, 3.63) is 70.5 Å². The zero-order chi connectivity index (χ0) is 24.1. The fourth-order valence-corrected chi connectivity index (χ4v) is 4.57. The third-order valence-corrected chi connectivity index (χ3v) is 6.32. The molecule has 2 heterocycles. The van der Waals surface area contributed by atoms with Crippen LogP contribution in [0.4, 0.5) is 14.3 Å². The number of carbonyl (C=O) groups is 2. The van der Waals surface area contributed by atoms with E-state index in [9.17, 15) is 14.0 Å². The molecule has 3 aromatic rings. The Labute approximate surface area is 200 Å². The Morgan fingerprint density at radius 3 is 2.59 bits per heavy atom. The second-order valence-corrected chi connectivity index (χ2v) is 8.57. The molecular formula is C24H25FN4O4S. The van der Waals surface area contributed by atoms with Crippen LogP contribution in [0.2, 0.25) is 0 Å². The van der Waals surface area contributed by atoms with Crippen LogP contribution in [-0.4, -0.2) is 49.1 Å². The minimum absolute atomic E-state index is 0.113. The van der Waals surface area contributed by atoms with Crippen LogP contribution in [0.25, 0.3) is 0 Å². The molecule has 0 saturated heterocycles. The summed E-state index contributed by atoms with van der Waals surface area (Å²) in [6.45, 7) is 0.614. The number of methoxy groups -OCH3 is 2. The molecule has 10 heteroatoms. The molecule has 0 radical (unpaired) electrons. The van der Waals surface area contributed by atoms with Crippen LogP contribution >= 0.6 is 11.3 Å². The average Bonchev–Trinajstić information content (AvgIpc) is 3.35. The van der Waals surface area contributed by atoms with Gasteiger partial charge in [-0.05, 0) is 47.4 Å². The molecule has 0 fully saturated rings. The van der Waals surface area contributed by atoms with Crippen LogP contribution in [0.15, 0.2) is 48.0 Å². The number of ether oxygens (including phenoxy) is 2. The highest BCUT2D eigenvalue weighted by atomic mass is 32.1. The summed E-state index contributed by atoms with van der Waals surface area (Å²) in [4.78, 5) is 31.0. The lowest BCUT2D eigenvalue weighted by molar-refractivity contribution is -0.116. The van der Waals surface area contributed by atoms with Crippen LogP contribution in [-0.2, 0) is 11.2 Å². The molecule has 2 N–H and O–H groups in total. The summed E-state index contributed by atoms with van der Waals surface area (Å²) in [6.07, 6.45) is 2.34. The molecule has 0 unspecified atom stereocenters. The van der Waals surface area contributed by atoms with Crippen molar-refractivity contribution in [3.63, 3.8) is 0 Å². The van der Waals surface area contributed by atoms with Crippen LogP contribution in [0.1, 0.15) is 29.2 Å². The maximum Gasteiger partial charge on any atom is 0.318 e. The van der Waals surface area contributed by atoms with E-state index in [-0.39, 0.29) is 30.7 Å². The van der Waals surface area contributed by atoms with Crippen molar-refractivity contribution in [1.29, 1.82) is 0 Å². The van der Waals surface area contributed by atoms with Gasteiger partial charge in [0, 0.05) is 31.1 Å². The topological polar surface area (TPSA) is 92.8 Å². The molecule has 1 atom stereocenters. The van der Waals surface area contributed by atoms with Gasteiger partial charge in [0.05, 0.1) is 20.3 Å². The summed E-state index contributed by atoms with van der Waals surface area (Å²) in [7, 11) is 3.14. The molecule has 0 spiro atoms. The number of fused-ring (bicyclic) bond motifs is 1. The number of carbonyl (C=O) groups excluding carboxylic acids is 2. The third-order valence-electron chi connectivity index (χ3n) is 5.63. The van der Waals surface area contributed by atoms with Crippen molar-refractivity contribution in [2.24, 2.45) is 0 Å². The first-order valence-corrected chi connectivity index (χ1v) is 11.6. The largest absolute Gasteiger partial charge is 0.493 e. The number of rotatable bonds is 7. The standard InChI is InChI=1S/C24H25FN4O4S/c1-32-19-13-16-8-11-29(24(31)27-9-7-21(30)28-23-26-10-12-34-23)22(18(16)14-20(19)33-2)15-3-5-17(25)6-4-15/h3-6,10,12-14,22H,7-9,11H2,1-2H3,(H,27,31)(H,26,28,30)/t22-/m0/s1. The highest BCUT2D eigenvalue weighted by molar-refractivity contribution is 7.13. The average molecular weight is 485 g/mol. The smallest absolute Gasteiger partial charge is 0.318 e. The van der Waals surface area contributed by atoms with Gasteiger partial charge in [0.25, 0.3) is 0 Å². The summed E-state index contributed by atoms with van der Waals surface area (Å²) in [5.74, 6) is 0.582. The summed E-state index contributed by atoms with van der Waals surface area (Å²) in [5, 5.41) is 7.82. The summed E-state index contributed by atoms with van der Waals surface area (Å²) >= 11 is 1.33. The SMILES string of the molecule is COc1cc2c(cc1OC)[C@H](c1ccc(F)cc1)N(C(=O)NCCC(=O)Nc1nccs1)CC2. The Hall–Kier alpha value is -3.66. The zero-order valence-electron chi connectivity index (χ0n) is 18.8. The lowest BCUT2D eigenvalue weighted by atomic mass is 9.88. The third kappa shape index (κ3) is 5.12. The molecule has 2 aromatic carbocycles. The van der Waals surface area contributed by atoms with Crippen LogP contribution in [0.5, 0.6) is 11.5 Å². The Morgan fingerprint density at radius 1 is 1.18 bits per heavy atom. The predicted molar refractivity (Wildman–Crippen MR) is 127 cm³/mol. The number of urea groups is 1. The molecular weight excluding hydrogens is 459 g/mol. The zero-order valence-corrected chi connectivity index (χ0v) is 19.7. The molecule has 34 heavy (non-hydrogen) atoms. The number of hydrogen-bond acceptors (Lipinski definition) is 6. The van der Waals surface area contributed by atoms with E-state index in [4.69, 9.17) is 9.47 Å². The summed E-state index contributed by atoms with van der Waals surface area (Å²) in [6, 6.07) is 9.13. The van der Waals surface area contributed by atoms with Gasteiger partial charge < -0.3 is 25.0 Å². The molecule has 0 aliphatic carbocycles. The van der Waals surface area contributed by atoms with E-state index in [1.165, 1.54) is 23.5 Å². The van der Waals surface area contributed by atoms with E-state index in [0.29, 0.717) is 29.6 Å². The molecule has 0 bridgehead atoms. The van der Waals surface area contributed by atoms with Gasteiger partial charge >= 0.3 is 6.03 Å². The van der Waals surface area contributed by atoms with Gasteiger partial charge in [0.2, 0.25) is 5.91 Å². The van der Waals surface area contributed by atoms with Gasteiger partial charge in [0.1, 0.15) is 5.82 Å². The van der Waals surface area contributed by atoms with E-state index in [1.807, 2.05) is 12.1 Å². The second kappa shape index (κ2) is 10.5. The fraction of sp³-hybridized carbons (Fsp3) is 0.292. The lowest BCUT2D eigenvalue weighted by Gasteiger charge is -2.38. The van der Waals surface area contributed by atoms with Crippen molar-refractivity contribution in [2.75, 3.05) is 32.6 Å². The quantitative estimate of drug-likeness (QED) is 0.529. The van der Waals surface area contributed by atoms with Crippen LogP contribution in [0.3, 0.4) is 0 Å². The number of hydrogen-bond donors (Lipinski definition) is 2. The Kier molecular flexibility index (Phi) is 7.27. The number of amides is 3. The van der Waals surface area contributed by atoms with Crippen molar-refractivity contribution in [3.8, 4) is 11.5 Å². The molecule has 1 aromatic heterocycles. The van der Waals surface area contributed by atoms with Gasteiger partial charge in [-0.2, -0.15) is 0 Å². The molecule has 178 valence electrons. The Balaban J connectivity index is 1.54. The van der Waals surface area contributed by atoms with Gasteiger partial charge in [-0.1, -0.05) is 12.1 Å². The predicted octanol–water partition coefficient (Wildman–Crippen LogP) is 3.99. The monoisotopic (exact) mass is 484 g/mol. The van der Waals surface area contributed by atoms with Crippen molar-refractivity contribution < 1.29 is 23.5 Å². The lowest BCUT2D eigenvalue weighted by Crippen LogP contribution is -2.46. The van der Waals surface area contributed by atoms with Gasteiger partial charge in [-0.3, -0.25) is 4.79 Å². The van der Waals surface area contributed by atoms with Crippen molar-refractivity contribution in [1.82, 2.24) is 15.2 Å². The van der Waals surface area contributed by atoms with E-state index >= 15 is 0 Å². The number of nitrogens with zero attached hydrogens (tertiary/aromatic N) is 2. The minimum atomic E-state index is -0.451. The Bertz CT molecular complexity index is 1150. The highest BCUT2D eigenvalue weighted by Gasteiger charge is 2.33. The van der Waals surface area contributed by atoms with Crippen LogP contribution in [0, 0.1) is 5.82 Å². The first-order valence-electron chi connectivity index (χ1n) is 10.7. The first kappa shape index (κ1) is 23.5. The number of anilines is 1. The summed E-state index contributed by atoms with van der Waals surface area (Å²) < 4.78 is 24.5. The van der Waals surface area contributed by atoms with Gasteiger partial charge in [-0.15, -0.1) is 11.3 Å². The van der Waals surface area contributed by atoms with Gasteiger partial charge in [0.15, 0.2) is 16.6 Å². The van der Waals surface area contributed by atoms with E-state index < -0.39 is 6.04 Å². The van der Waals surface area contributed by atoms with Crippen molar-refractivity contribution >= 4 is 28.4 Å². The van der Waals surface area contributed by atoms with Crippen molar-refractivity contribution in [2.45, 2.75) is 18.9 Å². The second-order valence-electron chi connectivity index (χ2n) is 7.67. The minimum Gasteiger partial charge on any atom is -0.493 e. The number of aromatic nitrogens is 1. The van der Waals surface area contributed by atoms with E-state index in [2.05, 4.69) is 15.6 Å². The van der Waals surface area contributed by atoms with E-state index in [0.717, 1.165) is 16.7 Å². The van der Waals surface area contributed by atoms with E-state index in [1.54, 1.807) is 42.8 Å². The number of thiazole rings is 1. The number of benzene rings is 2. The number of nitrogens with one attached hydrogen (secondary N) is 2. The first-order chi connectivity index (χ1) is 16.5. The maximum atomic E-state index is 13.6. The molecule has 1 aliphatic rings. The Morgan fingerprint density at radius 2 is 1.91 bits per heavy atom. The van der Waals surface area contributed by atoms with Gasteiger partial charge in [-0.25, -0.2) is 14.2 Å². The normalized spacial score (nSPS) is 14.8.